The van der Waals surface area contributed by atoms with E-state index in [0.717, 1.165) is 0 Å². The summed E-state index contributed by atoms with van der Waals surface area (Å²) >= 11 is 0. The molecular weight excluding hydrogens is 225 g/mol. The molecule has 0 saturated carbocycles. The number of halogens is 3. The number of aromatic carboxylic acids is 1. The predicted molar refractivity (Wildman–Crippen MR) is 51.8 cm³/mol. The molecule has 2 nitrogen and oxygen atoms in total. The van der Waals surface area contributed by atoms with E-state index < -0.39 is 37.8 Å². The standard InChI is InChI=1S/C9H9F3O2Si/c1-15(2)8-5(11)3-4(10)6(7(8)12)9(13)14/h3,15H,1-2H3,(H,13,14). The van der Waals surface area contributed by atoms with Gasteiger partial charge in [0.2, 0.25) is 0 Å². The fourth-order valence-corrected chi connectivity index (χ4v) is 2.62. The van der Waals surface area contributed by atoms with Gasteiger partial charge in [0.1, 0.15) is 23.0 Å². The fourth-order valence-electron chi connectivity index (χ4n) is 1.33. The van der Waals surface area contributed by atoms with Gasteiger partial charge in [-0.15, -0.1) is 0 Å². The molecule has 1 aromatic carbocycles. The van der Waals surface area contributed by atoms with Crippen molar-refractivity contribution in [3.8, 4) is 0 Å². The van der Waals surface area contributed by atoms with Crippen LogP contribution in [-0.4, -0.2) is 19.9 Å². The lowest BCUT2D eigenvalue weighted by Crippen LogP contribution is -2.32. The van der Waals surface area contributed by atoms with Gasteiger partial charge in [-0.25, -0.2) is 18.0 Å². The minimum Gasteiger partial charge on any atom is -0.477 e. The van der Waals surface area contributed by atoms with E-state index in [9.17, 15) is 18.0 Å². The Hall–Kier alpha value is -1.30. The molecule has 0 atom stereocenters. The van der Waals surface area contributed by atoms with Crippen LogP contribution in [0.5, 0.6) is 0 Å². The summed E-state index contributed by atoms with van der Waals surface area (Å²) in [7, 11) is -1.88. The van der Waals surface area contributed by atoms with Gasteiger partial charge < -0.3 is 5.11 Å². The minimum atomic E-state index is -1.88. The molecule has 82 valence electrons. The summed E-state index contributed by atoms with van der Waals surface area (Å²) in [6, 6.07) is 0.425. The van der Waals surface area contributed by atoms with Gasteiger partial charge in [0.05, 0.1) is 8.80 Å². The molecular formula is C9H9F3O2Si. The molecule has 0 bridgehead atoms. The predicted octanol–water partition coefficient (Wildman–Crippen LogP) is 1.50. The van der Waals surface area contributed by atoms with Crippen LogP contribution < -0.4 is 5.19 Å². The molecule has 0 unspecified atom stereocenters. The Bertz CT molecular complexity index is 418. The third-order valence-corrected chi connectivity index (χ3v) is 3.68. The molecule has 0 aliphatic rings. The van der Waals surface area contributed by atoms with Crippen LogP contribution in [0.3, 0.4) is 0 Å². The van der Waals surface area contributed by atoms with Crippen LogP contribution in [0.1, 0.15) is 10.4 Å². The molecule has 0 spiro atoms. The van der Waals surface area contributed by atoms with Crippen molar-refractivity contribution >= 4 is 20.0 Å². The Morgan fingerprint density at radius 1 is 1.27 bits per heavy atom. The highest BCUT2D eigenvalue weighted by Gasteiger charge is 2.25. The molecule has 0 heterocycles. The number of carboxylic acid groups (broad SMARTS) is 1. The van der Waals surface area contributed by atoms with Crippen LogP contribution in [0.25, 0.3) is 0 Å². The molecule has 0 aromatic heterocycles. The van der Waals surface area contributed by atoms with Gasteiger partial charge in [-0.2, -0.15) is 0 Å². The van der Waals surface area contributed by atoms with Crippen LogP contribution in [0.15, 0.2) is 6.07 Å². The van der Waals surface area contributed by atoms with Crippen molar-refractivity contribution < 1.29 is 23.1 Å². The lowest BCUT2D eigenvalue weighted by Gasteiger charge is -2.10. The molecule has 0 saturated heterocycles. The van der Waals surface area contributed by atoms with E-state index in [1.54, 1.807) is 13.1 Å². The lowest BCUT2D eigenvalue weighted by atomic mass is 10.2. The van der Waals surface area contributed by atoms with E-state index in [4.69, 9.17) is 5.11 Å². The van der Waals surface area contributed by atoms with Crippen molar-refractivity contribution in [3.63, 3.8) is 0 Å². The summed E-state index contributed by atoms with van der Waals surface area (Å²) in [5.41, 5.74) is -1.08. The number of carbonyl (C=O) groups is 1. The molecule has 0 aliphatic carbocycles. The topological polar surface area (TPSA) is 37.3 Å². The van der Waals surface area contributed by atoms with Gasteiger partial charge in [-0.05, 0) is 0 Å². The zero-order chi connectivity index (χ0) is 11.7. The van der Waals surface area contributed by atoms with E-state index in [2.05, 4.69) is 0 Å². The van der Waals surface area contributed by atoms with Crippen LogP contribution >= 0.6 is 0 Å². The monoisotopic (exact) mass is 234 g/mol. The van der Waals surface area contributed by atoms with Gasteiger partial charge >= 0.3 is 5.97 Å². The first-order valence-corrected chi connectivity index (χ1v) is 7.15. The molecule has 0 fully saturated rings. The number of hydrogen-bond acceptors (Lipinski definition) is 1. The van der Waals surface area contributed by atoms with Gasteiger partial charge in [0.15, 0.2) is 0 Å². The van der Waals surface area contributed by atoms with Crippen molar-refractivity contribution in [2.45, 2.75) is 13.1 Å². The fraction of sp³-hybridized carbons (Fsp3) is 0.222. The third-order valence-electron chi connectivity index (χ3n) is 2.00. The Balaban J connectivity index is 3.56. The van der Waals surface area contributed by atoms with E-state index in [-0.39, 0.29) is 5.19 Å². The van der Waals surface area contributed by atoms with E-state index in [1.807, 2.05) is 0 Å². The average Bonchev–Trinajstić information content (AvgIpc) is 1.99. The van der Waals surface area contributed by atoms with Gasteiger partial charge in [-0.1, -0.05) is 13.1 Å². The molecule has 1 rings (SSSR count). The Kier molecular flexibility index (Phi) is 3.18. The third kappa shape index (κ3) is 2.04. The zero-order valence-corrected chi connectivity index (χ0v) is 9.30. The second-order valence-electron chi connectivity index (χ2n) is 3.40. The van der Waals surface area contributed by atoms with Crippen molar-refractivity contribution in [3.05, 3.63) is 29.1 Å². The van der Waals surface area contributed by atoms with Crippen LogP contribution in [0, 0.1) is 17.5 Å². The highest BCUT2D eigenvalue weighted by molar-refractivity contribution is 6.71. The maximum absolute atomic E-state index is 13.5. The Morgan fingerprint density at radius 2 is 1.80 bits per heavy atom. The first-order valence-electron chi connectivity index (χ1n) is 4.27. The second-order valence-corrected chi connectivity index (χ2v) is 6.29. The first kappa shape index (κ1) is 11.8. The van der Waals surface area contributed by atoms with Crippen molar-refractivity contribution in [2.24, 2.45) is 0 Å². The van der Waals surface area contributed by atoms with E-state index >= 15 is 0 Å². The van der Waals surface area contributed by atoms with Crippen molar-refractivity contribution in [2.75, 3.05) is 0 Å². The molecule has 1 N–H and O–H groups in total. The SMILES string of the molecule is C[SiH](C)c1c(F)cc(F)c(C(=O)O)c1F. The molecule has 1 aromatic rings. The highest BCUT2D eigenvalue weighted by atomic mass is 28.3. The second kappa shape index (κ2) is 4.06. The summed E-state index contributed by atoms with van der Waals surface area (Å²) in [5.74, 6) is -5.38. The zero-order valence-electron chi connectivity index (χ0n) is 8.14. The Morgan fingerprint density at radius 3 is 2.20 bits per heavy atom. The minimum absolute atomic E-state index is 0.270. The number of benzene rings is 1. The molecule has 6 heteroatoms. The smallest absolute Gasteiger partial charge is 0.341 e. The maximum Gasteiger partial charge on any atom is 0.341 e. The van der Waals surface area contributed by atoms with Crippen LogP contribution in [0.4, 0.5) is 13.2 Å². The summed E-state index contributed by atoms with van der Waals surface area (Å²) in [6.07, 6.45) is 0. The van der Waals surface area contributed by atoms with Gasteiger partial charge in [0, 0.05) is 11.3 Å². The lowest BCUT2D eigenvalue weighted by molar-refractivity contribution is 0.0686. The highest BCUT2D eigenvalue weighted by Crippen LogP contribution is 2.14. The quantitative estimate of drug-likeness (QED) is 0.787. The van der Waals surface area contributed by atoms with Crippen LogP contribution in [0.2, 0.25) is 13.1 Å². The van der Waals surface area contributed by atoms with Crippen molar-refractivity contribution in [1.82, 2.24) is 0 Å². The average molecular weight is 234 g/mol. The molecule has 15 heavy (non-hydrogen) atoms. The van der Waals surface area contributed by atoms with E-state index in [0.29, 0.717) is 6.07 Å². The Labute approximate surface area is 86.0 Å². The number of rotatable bonds is 2. The molecule has 0 amide bonds. The first-order chi connectivity index (χ1) is 6.86. The summed E-state index contributed by atoms with van der Waals surface area (Å²) in [4.78, 5) is 10.5. The summed E-state index contributed by atoms with van der Waals surface area (Å²) < 4.78 is 39.6. The van der Waals surface area contributed by atoms with Gasteiger partial charge in [-0.3, -0.25) is 0 Å². The number of hydrogen-bond donors (Lipinski definition) is 1. The summed E-state index contributed by atoms with van der Waals surface area (Å²) in [5, 5.41) is 8.29. The van der Waals surface area contributed by atoms with Gasteiger partial charge in [0.25, 0.3) is 0 Å². The maximum atomic E-state index is 13.5. The van der Waals surface area contributed by atoms with E-state index in [1.165, 1.54) is 0 Å². The van der Waals surface area contributed by atoms with Crippen molar-refractivity contribution in [1.29, 1.82) is 0 Å². The largest absolute Gasteiger partial charge is 0.477 e. The summed E-state index contributed by atoms with van der Waals surface area (Å²) in [6.45, 7) is 3.26. The number of carboxylic acids is 1. The molecule has 0 aliphatic heterocycles. The van der Waals surface area contributed by atoms with Crippen LogP contribution in [-0.2, 0) is 0 Å². The normalized spacial score (nSPS) is 10.8. The molecule has 0 radical (unpaired) electrons.